The Morgan fingerprint density at radius 3 is 2.80 bits per heavy atom. The van der Waals surface area contributed by atoms with Gasteiger partial charge in [0, 0.05) is 63.0 Å². The number of ether oxygens (including phenoxy) is 1. The number of aromatic nitrogens is 1. The Kier molecular flexibility index (Phi) is 5.80. The van der Waals surface area contributed by atoms with Gasteiger partial charge in [-0.25, -0.2) is 0 Å². The Balaban J connectivity index is 1.98. The van der Waals surface area contributed by atoms with E-state index >= 15 is 0 Å². The van der Waals surface area contributed by atoms with Crippen LogP contribution in [0.4, 0.5) is 5.69 Å². The summed E-state index contributed by atoms with van der Waals surface area (Å²) in [6, 6.07) is 2.64. The molecule has 1 saturated heterocycles. The number of pyridine rings is 1. The minimum absolute atomic E-state index is 0.496. The highest BCUT2D eigenvalue weighted by Gasteiger charge is 2.20. The maximum Gasteiger partial charge on any atom is 0.0491 e. The van der Waals surface area contributed by atoms with Crippen LogP contribution in [-0.2, 0) is 11.3 Å². The van der Waals surface area contributed by atoms with Gasteiger partial charge >= 0.3 is 0 Å². The van der Waals surface area contributed by atoms with Gasteiger partial charge in [-0.05, 0) is 24.8 Å². The number of hydrogen-bond acceptors (Lipinski definition) is 4. The molecular weight excluding hydrogens is 250 g/mol. The molecule has 0 amide bonds. The lowest BCUT2D eigenvalue weighted by Gasteiger charge is -2.34. The van der Waals surface area contributed by atoms with Crippen LogP contribution >= 0.6 is 0 Å². The lowest BCUT2D eigenvalue weighted by Crippen LogP contribution is -2.36. The molecule has 0 atom stereocenters. The van der Waals surface area contributed by atoms with Crippen LogP contribution < -0.4 is 10.2 Å². The Hall–Kier alpha value is -1.13. The van der Waals surface area contributed by atoms with Gasteiger partial charge in [-0.15, -0.1) is 0 Å². The molecule has 2 heterocycles. The fourth-order valence-electron chi connectivity index (χ4n) is 2.75. The molecule has 1 N–H and O–H groups in total. The number of piperidine rings is 1. The zero-order chi connectivity index (χ0) is 14.4. The molecule has 0 aromatic carbocycles. The van der Waals surface area contributed by atoms with E-state index in [1.165, 1.54) is 24.1 Å². The summed E-state index contributed by atoms with van der Waals surface area (Å²) in [6.45, 7) is 8.36. The minimum Gasteiger partial charge on any atom is -0.384 e. The van der Waals surface area contributed by atoms with Crippen molar-refractivity contribution in [2.75, 3.05) is 31.7 Å². The molecule has 0 unspecified atom stereocenters. The second kappa shape index (κ2) is 7.60. The summed E-state index contributed by atoms with van der Waals surface area (Å²) in [5, 5.41) is 3.48. The smallest absolute Gasteiger partial charge is 0.0491 e. The summed E-state index contributed by atoms with van der Waals surface area (Å²) in [5.74, 6) is 0.718. The monoisotopic (exact) mass is 277 g/mol. The van der Waals surface area contributed by atoms with Gasteiger partial charge in [-0.2, -0.15) is 0 Å². The first-order valence-corrected chi connectivity index (χ1v) is 7.61. The average molecular weight is 277 g/mol. The summed E-state index contributed by atoms with van der Waals surface area (Å²) in [7, 11) is 1.80. The topological polar surface area (TPSA) is 37.4 Å². The van der Waals surface area contributed by atoms with Crippen LogP contribution in [0.15, 0.2) is 18.5 Å². The van der Waals surface area contributed by atoms with Gasteiger partial charge in [0.25, 0.3) is 0 Å². The lowest BCUT2D eigenvalue weighted by molar-refractivity contribution is 0.139. The van der Waals surface area contributed by atoms with Crippen LogP contribution in [0.5, 0.6) is 0 Å². The van der Waals surface area contributed by atoms with Crippen molar-refractivity contribution < 1.29 is 4.74 Å². The maximum atomic E-state index is 5.27. The number of hydrogen-bond donors (Lipinski definition) is 1. The molecule has 20 heavy (non-hydrogen) atoms. The molecular formula is C16H27N3O. The number of methoxy groups -OCH3 is 1. The quantitative estimate of drug-likeness (QED) is 0.866. The first-order valence-electron chi connectivity index (χ1n) is 7.61. The molecule has 4 heteroatoms. The van der Waals surface area contributed by atoms with Gasteiger partial charge in [0.2, 0.25) is 0 Å². The lowest BCUT2D eigenvalue weighted by atomic mass is 9.97. The standard InChI is InChI=1S/C16H27N3O/c1-13(2)18-11-15-10-17-7-4-16(15)19-8-5-14(6-9-19)12-20-3/h4,7,10,13-14,18H,5-6,8-9,11-12H2,1-3H3. The molecule has 2 rings (SSSR count). The number of nitrogens with one attached hydrogen (secondary N) is 1. The summed E-state index contributed by atoms with van der Waals surface area (Å²) >= 11 is 0. The Labute approximate surface area is 122 Å². The first kappa shape index (κ1) is 15.3. The number of nitrogens with zero attached hydrogens (tertiary/aromatic N) is 2. The number of anilines is 1. The minimum atomic E-state index is 0.496. The van der Waals surface area contributed by atoms with Crippen molar-refractivity contribution in [3.05, 3.63) is 24.0 Å². The van der Waals surface area contributed by atoms with Crippen LogP contribution in [0.3, 0.4) is 0 Å². The van der Waals surface area contributed by atoms with Gasteiger partial charge < -0.3 is 15.0 Å². The van der Waals surface area contributed by atoms with Gasteiger partial charge in [-0.3, -0.25) is 4.98 Å². The van der Waals surface area contributed by atoms with Crippen LogP contribution in [0.25, 0.3) is 0 Å². The first-order chi connectivity index (χ1) is 9.70. The SMILES string of the molecule is COCC1CCN(c2ccncc2CNC(C)C)CC1. The van der Waals surface area contributed by atoms with E-state index in [4.69, 9.17) is 4.74 Å². The highest BCUT2D eigenvalue weighted by molar-refractivity contribution is 5.52. The second-order valence-corrected chi connectivity index (χ2v) is 5.93. The van der Waals surface area contributed by atoms with Crippen LogP contribution in [0.1, 0.15) is 32.3 Å². The van der Waals surface area contributed by atoms with Crippen LogP contribution in [0, 0.1) is 5.92 Å². The van der Waals surface area contributed by atoms with Gasteiger partial charge in [0.1, 0.15) is 0 Å². The molecule has 4 nitrogen and oxygen atoms in total. The highest BCUT2D eigenvalue weighted by Crippen LogP contribution is 2.26. The molecule has 1 fully saturated rings. The zero-order valence-corrected chi connectivity index (χ0v) is 12.9. The van der Waals surface area contributed by atoms with E-state index in [1.54, 1.807) is 7.11 Å². The normalized spacial score (nSPS) is 16.9. The maximum absolute atomic E-state index is 5.27. The molecule has 0 bridgehead atoms. The van der Waals surface area contributed by atoms with Crippen LogP contribution in [-0.4, -0.2) is 37.8 Å². The Morgan fingerprint density at radius 1 is 1.40 bits per heavy atom. The molecule has 0 radical (unpaired) electrons. The number of rotatable bonds is 6. The third-order valence-electron chi connectivity index (χ3n) is 3.94. The highest BCUT2D eigenvalue weighted by atomic mass is 16.5. The molecule has 0 spiro atoms. The predicted octanol–water partition coefficient (Wildman–Crippen LogP) is 2.44. The Bertz CT molecular complexity index is 400. The van der Waals surface area contributed by atoms with E-state index in [-0.39, 0.29) is 0 Å². The molecule has 0 saturated carbocycles. The summed E-state index contributed by atoms with van der Waals surface area (Å²) < 4.78 is 5.27. The average Bonchev–Trinajstić information content (AvgIpc) is 2.47. The molecule has 1 aliphatic heterocycles. The predicted molar refractivity (Wildman–Crippen MR) is 83.0 cm³/mol. The fraction of sp³-hybridized carbons (Fsp3) is 0.688. The van der Waals surface area contributed by atoms with Crippen molar-refractivity contribution in [3.8, 4) is 0 Å². The van der Waals surface area contributed by atoms with E-state index in [9.17, 15) is 0 Å². The van der Waals surface area contributed by atoms with E-state index in [0.717, 1.165) is 32.2 Å². The summed E-state index contributed by atoms with van der Waals surface area (Å²) in [5.41, 5.74) is 2.63. The van der Waals surface area contributed by atoms with Crippen molar-refractivity contribution >= 4 is 5.69 Å². The van der Waals surface area contributed by atoms with E-state index in [0.29, 0.717) is 6.04 Å². The third kappa shape index (κ3) is 4.18. The van der Waals surface area contributed by atoms with Crippen molar-refractivity contribution in [2.24, 2.45) is 5.92 Å². The largest absolute Gasteiger partial charge is 0.384 e. The van der Waals surface area contributed by atoms with Gasteiger partial charge in [0.05, 0.1) is 0 Å². The summed E-state index contributed by atoms with van der Waals surface area (Å²) in [6.07, 6.45) is 6.32. The van der Waals surface area contributed by atoms with Gasteiger partial charge in [-0.1, -0.05) is 13.8 Å². The molecule has 1 aliphatic rings. The van der Waals surface area contributed by atoms with Crippen molar-refractivity contribution in [2.45, 2.75) is 39.3 Å². The van der Waals surface area contributed by atoms with Crippen molar-refractivity contribution in [1.82, 2.24) is 10.3 Å². The fourth-order valence-corrected chi connectivity index (χ4v) is 2.75. The van der Waals surface area contributed by atoms with Crippen LogP contribution in [0.2, 0.25) is 0 Å². The third-order valence-corrected chi connectivity index (χ3v) is 3.94. The van der Waals surface area contributed by atoms with E-state index in [1.807, 2.05) is 12.4 Å². The van der Waals surface area contributed by atoms with E-state index in [2.05, 4.69) is 35.1 Å². The zero-order valence-electron chi connectivity index (χ0n) is 12.9. The van der Waals surface area contributed by atoms with Crippen molar-refractivity contribution in [1.29, 1.82) is 0 Å². The molecule has 1 aromatic rings. The van der Waals surface area contributed by atoms with Gasteiger partial charge in [0.15, 0.2) is 0 Å². The Morgan fingerprint density at radius 2 is 2.15 bits per heavy atom. The van der Waals surface area contributed by atoms with Crippen molar-refractivity contribution in [3.63, 3.8) is 0 Å². The molecule has 1 aromatic heterocycles. The molecule has 112 valence electrons. The summed E-state index contributed by atoms with van der Waals surface area (Å²) in [4.78, 5) is 6.77. The van der Waals surface area contributed by atoms with E-state index < -0.39 is 0 Å². The molecule has 0 aliphatic carbocycles. The second-order valence-electron chi connectivity index (χ2n) is 5.93.